The SMILES string of the molecule is CCNCc1c(C)cc(C)nc1-n1cnc(C)c1C. The number of pyridine rings is 1. The van der Waals surface area contributed by atoms with Gasteiger partial charge in [0.05, 0.1) is 5.69 Å². The lowest BCUT2D eigenvalue weighted by Gasteiger charge is -2.15. The second-order valence-corrected chi connectivity index (χ2v) is 4.95. The first-order valence-corrected chi connectivity index (χ1v) is 6.73. The summed E-state index contributed by atoms with van der Waals surface area (Å²) in [6, 6.07) is 2.13. The highest BCUT2D eigenvalue weighted by atomic mass is 15.1. The summed E-state index contributed by atoms with van der Waals surface area (Å²) in [5.74, 6) is 0.997. The molecule has 0 saturated carbocycles. The number of hydrogen-bond donors (Lipinski definition) is 1. The van der Waals surface area contributed by atoms with Crippen molar-refractivity contribution in [3.05, 3.63) is 40.6 Å². The van der Waals surface area contributed by atoms with Gasteiger partial charge in [0, 0.05) is 23.5 Å². The van der Waals surface area contributed by atoms with Crippen LogP contribution >= 0.6 is 0 Å². The van der Waals surface area contributed by atoms with Crippen molar-refractivity contribution in [1.82, 2.24) is 19.9 Å². The molecule has 0 spiro atoms. The van der Waals surface area contributed by atoms with Crippen LogP contribution in [0, 0.1) is 27.7 Å². The van der Waals surface area contributed by atoms with Crippen LogP contribution in [0.25, 0.3) is 5.82 Å². The van der Waals surface area contributed by atoms with Crippen molar-refractivity contribution in [1.29, 1.82) is 0 Å². The Balaban J connectivity index is 2.57. The topological polar surface area (TPSA) is 42.7 Å². The van der Waals surface area contributed by atoms with E-state index in [4.69, 9.17) is 4.98 Å². The van der Waals surface area contributed by atoms with E-state index in [1.54, 1.807) is 0 Å². The Labute approximate surface area is 114 Å². The summed E-state index contributed by atoms with van der Waals surface area (Å²) in [7, 11) is 0. The Morgan fingerprint density at radius 3 is 2.53 bits per heavy atom. The molecular weight excluding hydrogens is 236 g/mol. The molecule has 0 aliphatic carbocycles. The van der Waals surface area contributed by atoms with E-state index in [1.807, 2.05) is 20.2 Å². The lowest BCUT2D eigenvalue weighted by molar-refractivity contribution is 0.712. The van der Waals surface area contributed by atoms with Gasteiger partial charge in [-0.2, -0.15) is 0 Å². The Bertz CT molecular complexity index is 584. The fraction of sp³-hybridized carbons (Fsp3) is 0.467. The number of imidazole rings is 1. The van der Waals surface area contributed by atoms with Gasteiger partial charge in [-0.05, 0) is 45.9 Å². The predicted octanol–water partition coefficient (Wildman–Crippen LogP) is 2.61. The molecule has 0 bridgehead atoms. The third kappa shape index (κ3) is 2.68. The fourth-order valence-corrected chi connectivity index (χ4v) is 2.22. The molecule has 0 aliphatic heterocycles. The van der Waals surface area contributed by atoms with E-state index in [0.717, 1.165) is 36.0 Å². The largest absolute Gasteiger partial charge is 0.313 e. The van der Waals surface area contributed by atoms with Crippen molar-refractivity contribution in [2.75, 3.05) is 6.54 Å². The molecule has 2 aromatic rings. The quantitative estimate of drug-likeness (QED) is 0.916. The number of aromatic nitrogens is 3. The molecule has 2 rings (SSSR count). The van der Waals surface area contributed by atoms with Crippen LogP contribution in [0.2, 0.25) is 0 Å². The van der Waals surface area contributed by atoms with Crippen LogP contribution in [-0.4, -0.2) is 21.1 Å². The minimum absolute atomic E-state index is 0.835. The fourth-order valence-electron chi connectivity index (χ4n) is 2.22. The summed E-state index contributed by atoms with van der Waals surface area (Å²) in [4.78, 5) is 9.09. The second kappa shape index (κ2) is 5.53. The highest BCUT2D eigenvalue weighted by Crippen LogP contribution is 2.20. The molecule has 0 radical (unpaired) electrons. The molecule has 0 aromatic carbocycles. The van der Waals surface area contributed by atoms with E-state index in [1.165, 1.54) is 11.1 Å². The molecule has 1 N–H and O–H groups in total. The summed E-state index contributed by atoms with van der Waals surface area (Å²) < 4.78 is 2.09. The zero-order valence-corrected chi connectivity index (χ0v) is 12.4. The van der Waals surface area contributed by atoms with Gasteiger partial charge in [0.1, 0.15) is 12.1 Å². The summed E-state index contributed by atoms with van der Waals surface area (Å²) >= 11 is 0. The third-order valence-corrected chi connectivity index (χ3v) is 3.49. The first-order chi connectivity index (χ1) is 9.04. The highest BCUT2D eigenvalue weighted by Gasteiger charge is 2.13. The Morgan fingerprint density at radius 1 is 1.21 bits per heavy atom. The van der Waals surface area contributed by atoms with E-state index < -0.39 is 0 Å². The average Bonchev–Trinajstić information content (AvgIpc) is 2.68. The maximum Gasteiger partial charge on any atom is 0.143 e. The zero-order chi connectivity index (χ0) is 14.0. The number of aryl methyl sites for hydroxylation is 3. The molecule has 19 heavy (non-hydrogen) atoms. The summed E-state index contributed by atoms with van der Waals surface area (Å²) in [5, 5.41) is 3.39. The van der Waals surface area contributed by atoms with Crippen LogP contribution < -0.4 is 5.32 Å². The van der Waals surface area contributed by atoms with Gasteiger partial charge in [0.25, 0.3) is 0 Å². The molecule has 4 heteroatoms. The van der Waals surface area contributed by atoms with Crippen LogP contribution in [0.3, 0.4) is 0 Å². The minimum atomic E-state index is 0.835. The van der Waals surface area contributed by atoms with Crippen LogP contribution in [0.5, 0.6) is 0 Å². The molecule has 102 valence electrons. The molecule has 0 atom stereocenters. The monoisotopic (exact) mass is 258 g/mol. The lowest BCUT2D eigenvalue weighted by Crippen LogP contribution is -2.16. The van der Waals surface area contributed by atoms with Gasteiger partial charge in [0.15, 0.2) is 0 Å². The van der Waals surface area contributed by atoms with Crippen LogP contribution in [0.1, 0.15) is 35.1 Å². The van der Waals surface area contributed by atoms with Crippen LogP contribution in [-0.2, 0) is 6.54 Å². The van der Waals surface area contributed by atoms with Gasteiger partial charge in [-0.1, -0.05) is 6.92 Å². The zero-order valence-electron chi connectivity index (χ0n) is 12.4. The maximum atomic E-state index is 4.71. The minimum Gasteiger partial charge on any atom is -0.313 e. The number of hydrogen-bond acceptors (Lipinski definition) is 3. The van der Waals surface area contributed by atoms with Crippen molar-refractivity contribution in [3.8, 4) is 5.82 Å². The lowest BCUT2D eigenvalue weighted by atomic mass is 10.1. The van der Waals surface area contributed by atoms with Gasteiger partial charge < -0.3 is 5.32 Å². The molecule has 2 heterocycles. The summed E-state index contributed by atoms with van der Waals surface area (Å²) in [5.41, 5.74) is 5.76. The molecular formula is C15H22N4. The molecule has 0 fully saturated rings. The standard InChI is InChI=1S/C15H22N4/c1-6-16-8-14-10(2)7-11(3)18-15(14)19-9-17-12(4)13(19)5/h7,9,16H,6,8H2,1-5H3. The van der Waals surface area contributed by atoms with Crippen molar-refractivity contribution in [3.63, 3.8) is 0 Å². The molecule has 0 amide bonds. The maximum absolute atomic E-state index is 4.71. The van der Waals surface area contributed by atoms with Crippen LogP contribution in [0.15, 0.2) is 12.4 Å². The second-order valence-electron chi connectivity index (χ2n) is 4.95. The molecule has 2 aromatic heterocycles. The van der Waals surface area contributed by atoms with Gasteiger partial charge in [-0.3, -0.25) is 4.57 Å². The first kappa shape index (κ1) is 13.7. The number of rotatable bonds is 4. The molecule has 0 unspecified atom stereocenters. The van der Waals surface area contributed by atoms with Crippen molar-refractivity contribution in [2.24, 2.45) is 0 Å². The molecule has 4 nitrogen and oxygen atoms in total. The average molecular weight is 258 g/mol. The predicted molar refractivity (Wildman–Crippen MR) is 77.7 cm³/mol. The Morgan fingerprint density at radius 2 is 1.95 bits per heavy atom. The highest BCUT2D eigenvalue weighted by molar-refractivity contribution is 5.43. The van der Waals surface area contributed by atoms with E-state index in [0.29, 0.717) is 0 Å². The van der Waals surface area contributed by atoms with E-state index in [2.05, 4.69) is 41.7 Å². The molecule has 0 saturated heterocycles. The third-order valence-electron chi connectivity index (χ3n) is 3.49. The van der Waals surface area contributed by atoms with Gasteiger partial charge in [-0.15, -0.1) is 0 Å². The number of nitrogens with one attached hydrogen (secondary N) is 1. The first-order valence-electron chi connectivity index (χ1n) is 6.73. The van der Waals surface area contributed by atoms with Gasteiger partial charge in [-0.25, -0.2) is 9.97 Å². The van der Waals surface area contributed by atoms with Crippen molar-refractivity contribution < 1.29 is 0 Å². The smallest absolute Gasteiger partial charge is 0.143 e. The number of nitrogens with zero attached hydrogens (tertiary/aromatic N) is 3. The van der Waals surface area contributed by atoms with Crippen LogP contribution in [0.4, 0.5) is 0 Å². The van der Waals surface area contributed by atoms with Crippen molar-refractivity contribution in [2.45, 2.75) is 41.2 Å². The summed E-state index contributed by atoms with van der Waals surface area (Å²) in [6.45, 7) is 12.2. The Kier molecular flexibility index (Phi) is 4.00. The van der Waals surface area contributed by atoms with Gasteiger partial charge in [0.2, 0.25) is 0 Å². The molecule has 0 aliphatic rings. The van der Waals surface area contributed by atoms with E-state index >= 15 is 0 Å². The van der Waals surface area contributed by atoms with Gasteiger partial charge >= 0.3 is 0 Å². The normalized spacial score (nSPS) is 11.0. The van der Waals surface area contributed by atoms with E-state index in [-0.39, 0.29) is 0 Å². The van der Waals surface area contributed by atoms with Crippen molar-refractivity contribution >= 4 is 0 Å². The van der Waals surface area contributed by atoms with E-state index in [9.17, 15) is 0 Å². The summed E-state index contributed by atoms with van der Waals surface area (Å²) in [6.07, 6.45) is 1.86. The Hall–Kier alpha value is -1.68.